The molecule has 1 saturated heterocycles. The Hall–Kier alpha value is -3.99. The van der Waals surface area contributed by atoms with Crippen LogP contribution in [0.1, 0.15) is 23.7 Å². The van der Waals surface area contributed by atoms with Crippen molar-refractivity contribution in [2.75, 3.05) is 81.8 Å². The number of amides is 3. The van der Waals surface area contributed by atoms with Gasteiger partial charge < -0.3 is 40.0 Å². The topological polar surface area (TPSA) is 121 Å². The number of hydrogen-bond acceptors (Lipinski definition) is 8. The van der Waals surface area contributed by atoms with Crippen molar-refractivity contribution in [2.45, 2.75) is 13.3 Å². The summed E-state index contributed by atoms with van der Waals surface area (Å²) < 4.78 is 15.4. The smallest absolute Gasteiger partial charge is 0.325 e. The van der Waals surface area contributed by atoms with Crippen LogP contribution in [0.2, 0.25) is 0 Å². The van der Waals surface area contributed by atoms with E-state index >= 15 is 0 Å². The van der Waals surface area contributed by atoms with Gasteiger partial charge >= 0.3 is 12.0 Å². The van der Waals surface area contributed by atoms with Gasteiger partial charge in [-0.1, -0.05) is 12.1 Å². The molecule has 11 heteroatoms. The zero-order chi connectivity index (χ0) is 27.3. The molecular weight excluding hydrogens is 490 g/mol. The number of carbonyl (C=O) groups is 3. The number of urea groups is 1. The summed E-state index contributed by atoms with van der Waals surface area (Å²) in [5.41, 5.74) is 2.71. The van der Waals surface area contributed by atoms with Crippen molar-refractivity contribution in [3.05, 3.63) is 48.0 Å². The maximum atomic E-state index is 13.2. The summed E-state index contributed by atoms with van der Waals surface area (Å²) in [6.07, 6.45) is 0.684. The summed E-state index contributed by atoms with van der Waals surface area (Å²) >= 11 is 0. The van der Waals surface area contributed by atoms with Gasteiger partial charge in [-0.3, -0.25) is 9.59 Å². The first-order chi connectivity index (χ1) is 18.5. The summed E-state index contributed by atoms with van der Waals surface area (Å²) in [5, 5.41) is 8.07. The average Bonchev–Trinajstić information content (AvgIpc) is 2.94. The fourth-order valence-corrected chi connectivity index (χ4v) is 4.20. The Bertz CT molecular complexity index is 1090. The minimum Gasteiger partial charge on any atom is -0.495 e. The fraction of sp³-hybridized carbons (Fsp3) is 0.444. The number of piperazine rings is 1. The van der Waals surface area contributed by atoms with E-state index in [1.807, 2.05) is 30.3 Å². The zero-order valence-corrected chi connectivity index (χ0v) is 22.2. The van der Waals surface area contributed by atoms with Crippen LogP contribution in [-0.4, -0.2) is 84.6 Å². The lowest BCUT2D eigenvalue weighted by Crippen LogP contribution is -2.47. The maximum absolute atomic E-state index is 13.2. The van der Waals surface area contributed by atoms with Crippen molar-refractivity contribution in [2.24, 2.45) is 0 Å². The number of carbonyl (C=O) groups excluding carboxylic acids is 3. The molecule has 0 spiro atoms. The fourth-order valence-electron chi connectivity index (χ4n) is 4.20. The number of hydrogen-bond donors (Lipinski definition) is 3. The van der Waals surface area contributed by atoms with E-state index in [0.29, 0.717) is 43.9 Å². The summed E-state index contributed by atoms with van der Waals surface area (Å²) in [5.74, 6) is 0.0639. The Morgan fingerprint density at radius 1 is 0.921 bits per heavy atom. The monoisotopic (exact) mass is 527 g/mol. The number of anilines is 3. The van der Waals surface area contributed by atoms with E-state index < -0.39 is 12.0 Å². The van der Waals surface area contributed by atoms with Crippen LogP contribution in [0.3, 0.4) is 0 Å². The molecule has 3 rings (SSSR count). The highest BCUT2D eigenvalue weighted by atomic mass is 16.5. The SMILES string of the molecule is CCOC(=O)CNC(=O)Nc1ccc(N2CCN(c3ccccc3OC)CC2)c(C(=O)NCCCOC)c1. The van der Waals surface area contributed by atoms with Crippen LogP contribution in [0.15, 0.2) is 42.5 Å². The number of nitrogens with zero attached hydrogens (tertiary/aromatic N) is 2. The normalized spacial score (nSPS) is 13.0. The second-order valence-corrected chi connectivity index (χ2v) is 8.59. The van der Waals surface area contributed by atoms with Gasteiger partial charge in [-0.2, -0.15) is 0 Å². The van der Waals surface area contributed by atoms with Gasteiger partial charge in [0.1, 0.15) is 12.3 Å². The molecule has 0 aromatic heterocycles. The number of esters is 1. The maximum Gasteiger partial charge on any atom is 0.325 e. The standard InChI is InChI=1S/C27H37N5O6/c1-4-38-25(33)19-29-27(35)30-20-10-11-22(21(18-20)26(34)28-12-7-17-36-2)31-13-15-32(16-14-31)23-8-5-6-9-24(23)37-3/h5-6,8-11,18H,4,7,12-17,19H2,1-3H3,(H,28,34)(H2,29,30,35). The molecule has 3 N–H and O–H groups in total. The molecule has 0 atom stereocenters. The quantitative estimate of drug-likeness (QED) is 0.284. The van der Waals surface area contributed by atoms with E-state index in [1.165, 1.54) is 0 Å². The van der Waals surface area contributed by atoms with E-state index in [-0.39, 0.29) is 19.1 Å². The molecule has 0 aliphatic carbocycles. The lowest BCUT2D eigenvalue weighted by molar-refractivity contribution is -0.141. The van der Waals surface area contributed by atoms with Crippen molar-refractivity contribution in [3.8, 4) is 5.75 Å². The molecule has 3 amide bonds. The van der Waals surface area contributed by atoms with Crippen LogP contribution in [0.25, 0.3) is 0 Å². The van der Waals surface area contributed by atoms with Gasteiger partial charge in [0, 0.05) is 57.8 Å². The molecule has 2 aromatic carbocycles. The van der Waals surface area contributed by atoms with E-state index in [1.54, 1.807) is 33.3 Å². The minimum absolute atomic E-state index is 0.236. The van der Waals surface area contributed by atoms with Gasteiger partial charge in [-0.25, -0.2) is 4.79 Å². The number of benzene rings is 2. The molecule has 2 aromatic rings. The van der Waals surface area contributed by atoms with E-state index in [9.17, 15) is 14.4 Å². The van der Waals surface area contributed by atoms with Gasteiger partial charge in [0.25, 0.3) is 5.91 Å². The minimum atomic E-state index is -0.567. The van der Waals surface area contributed by atoms with Gasteiger partial charge in [0.05, 0.1) is 25.0 Å². The van der Waals surface area contributed by atoms with Gasteiger partial charge in [-0.15, -0.1) is 0 Å². The molecular formula is C27H37N5O6. The third-order valence-electron chi connectivity index (χ3n) is 6.05. The Morgan fingerprint density at radius 2 is 1.63 bits per heavy atom. The average molecular weight is 528 g/mol. The van der Waals surface area contributed by atoms with Crippen LogP contribution in [0.4, 0.5) is 21.9 Å². The molecule has 0 saturated carbocycles. The molecule has 1 fully saturated rings. The summed E-state index contributed by atoms with van der Waals surface area (Å²) in [7, 11) is 3.28. The highest BCUT2D eigenvalue weighted by molar-refractivity contribution is 6.02. The molecule has 11 nitrogen and oxygen atoms in total. The van der Waals surface area contributed by atoms with Gasteiger partial charge in [-0.05, 0) is 43.7 Å². The van der Waals surface area contributed by atoms with Crippen LogP contribution < -0.4 is 30.5 Å². The van der Waals surface area contributed by atoms with Crippen LogP contribution in [0, 0.1) is 0 Å². The second-order valence-electron chi connectivity index (χ2n) is 8.59. The predicted octanol–water partition coefficient (Wildman–Crippen LogP) is 2.47. The van der Waals surface area contributed by atoms with Gasteiger partial charge in [0.2, 0.25) is 0 Å². The Balaban J connectivity index is 1.73. The molecule has 38 heavy (non-hydrogen) atoms. The zero-order valence-electron chi connectivity index (χ0n) is 22.2. The second kappa shape index (κ2) is 14.7. The third-order valence-corrected chi connectivity index (χ3v) is 6.05. The Labute approximate surface area is 223 Å². The Morgan fingerprint density at radius 3 is 2.32 bits per heavy atom. The number of nitrogens with one attached hydrogen (secondary N) is 3. The van der Waals surface area contributed by atoms with Crippen molar-refractivity contribution in [1.82, 2.24) is 10.6 Å². The van der Waals surface area contributed by atoms with Crippen molar-refractivity contribution < 1.29 is 28.6 Å². The molecule has 0 bridgehead atoms. The van der Waals surface area contributed by atoms with Crippen LogP contribution >= 0.6 is 0 Å². The number of rotatable bonds is 12. The lowest BCUT2D eigenvalue weighted by atomic mass is 10.1. The highest BCUT2D eigenvalue weighted by Gasteiger charge is 2.24. The van der Waals surface area contributed by atoms with Crippen molar-refractivity contribution in [3.63, 3.8) is 0 Å². The van der Waals surface area contributed by atoms with Gasteiger partial charge in [0.15, 0.2) is 0 Å². The first-order valence-electron chi connectivity index (χ1n) is 12.7. The van der Waals surface area contributed by atoms with E-state index in [2.05, 4.69) is 25.8 Å². The lowest BCUT2D eigenvalue weighted by Gasteiger charge is -2.38. The first-order valence-corrected chi connectivity index (χ1v) is 12.7. The Kier molecular flexibility index (Phi) is 11.0. The predicted molar refractivity (Wildman–Crippen MR) is 146 cm³/mol. The van der Waals surface area contributed by atoms with Crippen LogP contribution in [-0.2, 0) is 14.3 Å². The molecule has 1 aliphatic rings. The summed E-state index contributed by atoms with van der Waals surface area (Å²) in [6.45, 7) is 5.60. The van der Waals surface area contributed by atoms with Crippen molar-refractivity contribution >= 4 is 35.0 Å². The number of methoxy groups -OCH3 is 2. The first kappa shape index (κ1) is 28.6. The molecule has 1 aliphatic heterocycles. The van der Waals surface area contributed by atoms with Crippen LogP contribution in [0.5, 0.6) is 5.75 Å². The summed E-state index contributed by atoms with van der Waals surface area (Å²) in [4.78, 5) is 41.4. The highest BCUT2D eigenvalue weighted by Crippen LogP contribution is 2.31. The largest absolute Gasteiger partial charge is 0.495 e. The molecule has 0 unspecified atom stereocenters. The van der Waals surface area contributed by atoms with E-state index in [0.717, 1.165) is 30.2 Å². The molecule has 0 radical (unpaired) electrons. The number of ether oxygens (including phenoxy) is 3. The van der Waals surface area contributed by atoms with Crippen molar-refractivity contribution in [1.29, 1.82) is 0 Å². The number of para-hydroxylation sites is 2. The molecule has 1 heterocycles. The third kappa shape index (κ3) is 8.01. The summed E-state index contributed by atoms with van der Waals surface area (Å²) in [6, 6.07) is 12.6. The van der Waals surface area contributed by atoms with E-state index in [4.69, 9.17) is 14.2 Å². The molecule has 206 valence electrons.